The van der Waals surface area contributed by atoms with Crippen molar-refractivity contribution in [2.45, 2.75) is 26.5 Å². The molecule has 86 valence electrons. The molecule has 1 aliphatic heterocycles. The van der Waals surface area contributed by atoms with Gasteiger partial charge in [-0.25, -0.2) is 4.98 Å². The van der Waals surface area contributed by atoms with Crippen molar-refractivity contribution in [1.29, 1.82) is 0 Å². The predicted molar refractivity (Wildman–Crippen MR) is 68.8 cm³/mol. The summed E-state index contributed by atoms with van der Waals surface area (Å²) >= 11 is 2.15. The van der Waals surface area contributed by atoms with Crippen LogP contribution in [0.25, 0.3) is 0 Å². The molecule has 16 heavy (non-hydrogen) atoms. The smallest absolute Gasteiger partial charge is 0.231 e. The van der Waals surface area contributed by atoms with E-state index in [0.29, 0.717) is 12.2 Å². The van der Waals surface area contributed by atoms with E-state index < -0.39 is 11.6 Å². The number of halogens is 1. The van der Waals surface area contributed by atoms with E-state index >= 15 is 0 Å². The number of nitrogens with zero attached hydrogens (tertiary/aromatic N) is 2. The molecule has 0 unspecified atom stereocenters. The monoisotopic (exact) mass is 332 g/mol. The molecular weight excluding hydrogens is 319 g/mol. The third-order valence-corrected chi connectivity index (χ3v) is 3.42. The molecule has 2 heterocycles. The molecule has 2 rings (SSSR count). The zero-order chi connectivity index (χ0) is 11.9. The van der Waals surface area contributed by atoms with E-state index in [4.69, 9.17) is 0 Å². The molecule has 1 fully saturated rings. The molecule has 4 nitrogen and oxygen atoms in total. The molecule has 1 atom stereocenters. The Hall–Kier alpha value is -0.690. The number of carbonyl (C=O) groups is 1. The van der Waals surface area contributed by atoms with E-state index in [2.05, 4.69) is 27.6 Å². The van der Waals surface area contributed by atoms with Gasteiger partial charge in [0.1, 0.15) is 12.0 Å². The molecule has 0 saturated carbocycles. The third-order valence-electron chi connectivity index (χ3n) is 2.78. The first-order valence-electron chi connectivity index (χ1n) is 5.03. The third kappa shape index (κ3) is 1.93. The zero-order valence-electron chi connectivity index (χ0n) is 9.14. The second kappa shape index (κ2) is 3.96. The number of amides is 1. The van der Waals surface area contributed by atoms with E-state index in [-0.39, 0.29) is 5.91 Å². The summed E-state index contributed by atoms with van der Waals surface area (Å²) < 4.78 is 1.00. The van der Waals surface area contributed by atoms with Gasteiger partial charge in [-0.15, -0.1) is 0 Å². The lowest BCUT2D eigenvalue weighted by Crippen LogP contribution is -2.38. The van der Waals surface area contributed by atoms with Crippen LogP contribution in [0.2, 0.25) is 0 Å². The molecule has 0 radical (unpaired) electrons. The van der Waals surface area contributed by atoms with Crippen molar-refractivity contribution in [3.63, 3.8) is 0 Å². The predicted octanol–water partition coefficient (Wildman–Crippen LogP) is 1.77. The number of carbonyl (C=O) groups excluding carboxylic acids is 1. The maximum Gasteiger partial charge on any atom is 0.231 e. The average molecular weight is 332 g/mol. The van der Waals surface area contributed by atoms with Crippen LogP contribution in [-0.4, -0.2) is 22.2 Å². The molecule has 5 heteroatoms. The van der Waals surface area contributed by atoms with Gasteiger partial charge in [-0.2, -0.15) is 0 Å². The lowest BCUT2D eigenvalue weighted by atomic mass is 9.91. The summed E-state index contributed by atoms with van der Waals surface area (Å²) in [5.74, 6) is 0.440. The summed E-state index contributed by atoms with van der Waals surface area (Å²) in [6.45, 7) is 3.75. The number of hydrogen-bond acceptors (Lipinski definition) is 3. The SMILES string of the molecule is CC1(C)CC(=O)N(c2ccc(I)cn2)[C@H]1O. The minimum absolute atomic E-state index is 0.0776. The molecular formula is C11H13IN2O2. The normalized spacial score (nSPS) is 23.9. The van der Waals surface area contributed by atoms with E-state index in [0.717, 1.165) is 3.57 Å². The summed E-state index contributed by atoms with van der Waals surface area (Å²) in [7, 11) is 0. The van der Waals surface area contributed by atoms with Gasteiger partial charge in [-0.05, 0) is 34.7 Å². The summed E-state index contributed by atoms with van der Waals surface area (Å²) in [6, 6.07) is 3.62. The molecule has 1 aromatic heterocycles. The second-order valence-corrected chi connectivity index (χ2v) is 5.88. The minimum atomic E-state index is -0.799. The van der Waals surface area contributed by atoms with E-state index in [1.807, 2.05) is 19.9 Å². The fraction of sp³-hybridized carbons (Fsp3) is 0.455. The molecule has 1 saturated heterocycles. The Morgan fingerprint density at radius 1 is 1.56 bits per heavy atom. The van der Waals surface area contributed by atoms with E-state index in [1.54, 1.807) is 12.3 Å². The van der Waals surface area contributed by atoms with E-state index in [1.165, 1.54) is 4.90 Å². The maximum absolute atomic E-state index is 11.8. The summed E-state index contributed by atoms with van der Waals surface area (Å²) in [5, 5.41) is 10.1. The van der Waals surface area contributed by atoms with Gasteiger partial charge in [0.05, 0.1) is 0 Å². The Balaban J connectivity index is 2.35. The first-order chi connectivity index (χ1) is 7.42. The largest absolute Gasteiger partial charge is 0.372 e. The number of hydrogen-bond donors (Lipinski definition) is 1. The van der Waals surface area contributed by atoms with E-state index in [9.17, 15) is 9.90 Å². The van der Waals surface area contributed by atoms with Crippen molar-refractivity contribution in [1.82, 2.24) is 4.98 Å². The van der Waals surface area contributed by atoms with Gasteiger partial charge < -0.3 is 5.11 Å². The number of aliphatic hydroxyl groups excluding tert-OH is 1. The standard InChI is InChI=1S/C11H13IN2O2/c1-11(2)5-9(15)14(10(11)16)8-4-3-7(12)6-13-8/h3-4,6,10,16H,5H2,1-2H3/t10-/m0/s1. The fourth-order valence-electron chi connectivity index (χ4n) is 1.82. The fourth-order valence-corrected chi connectivity index (χ4v) is 2.13. The van der Waals surface area contributed by atoms with Gasteiger partial charge in [-0.3, -0.25) is 9.69 Å². The van der Waals surface area contributed by atoms with Gasteiger partial charge in [0.2, 0.25) is 5.91 Å². The Bertz CT molecular complexity index is 416. The van der Waals surface area contributed by atoms with Crippen molar-refractivity contribution in [3.8, 4) is 0 Å². The molecule has 1 aliphatic rings. The molecule has 1 N–H and O–H groups in total. The highest BCUT2D eigenvalue weighted by atomic mass is 127. The Morgan fingerprint density at radius 2 is 2.25 bits per heavy atom. The van der Waals surface area contributed by atoms with Crippen LogP contribution in [0.15, 0.2) is 18.3 Å². The van der Waals surface area contributed by atoms with Crippen molar-refractivity contribution >= 4 is 34.3 Å². The molecule has 0 aliphatic carbocycles. The quantitative estimate of drug-likeness (QED) is 0.798. The molecule has 0 aromatic carbocycles. The number of rotatable bonds is 1. The first kappa shape index (κ1) is 11.8. The van der Waals surface area contributed by atoms with Crippen LogP contribution in [-0.2, 0) is 4.79 Å². The van der Waals surface area contributed by atoms with Crippen molar-refractivity contribution < 1.29 is 9.90 Å². The summed E-state index contributed by atoms with van der Waals surface area (Å²) in [4.78, 5) is 17.3. The zero-order valence-corrected chi connectivity index (χ0v) is 11.3. The lowest BCUT2D eigenvalue weighted by molar-refractivity contribution is -0.117. The molecule has 1 aromatic rings. The maximum atomic E-state index is 11.8. The number of aromatic nitrogens is 1. The van der Waals surface area contributed by atoms with Gasteiger partial charge in [0.25, 0.3) is 0 Å². The Labute approximate surface area is 108 Å². The van der Waals surface area contributed by atoms with Crippen LogP contribution in [0.4, 0.5) is 5.82 Å². The Morgan fingerprint density at radius 3 is 2.69 bits per heavy atom. The van der Waals surface area contributed by atoms with Crippen molar-refractivity contribution in [2.24, 2.45) is 5.41 Å². The van der Waals surface area contributed by atoms with Gasteiger partial charge >= 0.3 is 0 Å². The highest BCUT2D eigenvalue weighted by Gasteiger charge is 2.45. The molecule has 1 amide bonds. The minimum Gasteiger partial charge on any atom is -0.372 e. The topological polar surface area (TPSA) is 53.4 Å². The highest BCUT2D eigenvalue weighted by molar-refractivity contribution is 14.1. The van der Waals surface area contributed by atoms with Gasteiger partial charge in [-0.1, -0.05) is 13.8 Å². The number of aliphatic hydroxyl groups is 1. The second-order valence-electron chi connectivity index (χ2n) is 4.64. The van der Waals surface area contributed by atoms with Crippen LogP contribution in [0.5, 0.6) is 0 Å². The van der Waals surface area contributed by atoms with Gasteiger partial charge in [0.15, 0.2) is 0 Å². The Kier molecular flexibility index (Phi) is 2.91. The molecule has 0 spiro atoms. The highest BCUT2D eigenvalue weighted by Crippen LogP contribution is 2.37. The van der Waals surface area contributed by atoms with Crippen LogP contribution >= 0.6 is 22.6 Å². The number of anilines is 1. The van der Waals surface area contributed by atoms with Crippen molar-refractivity contribution in [2.75, 3.05) is 4.90 Å². The van der Waals surface area contributed by atoms with Crippen LogP contribution in [0.3, 0.4) is 0 Å². The summed E-state index contributed by atoms with van der Waals surface area (Å²) in [6.07, 6.45) is 1.23. The van der Waals surface area contributed by atoms with Gasteiger partial charge in [0, 0.05) is 21.6 Å². The summed E-state index contributed by atoms with van der Waals surface area (Å²) in [5.41, 5.74) is -0.415. The number of pyridine rings is 1. The average Bonchev–Trinajstić information content (AvgIpc) is 2.39. The van der Waals surface area contributed by atoms with Crippen LogP contribution in [0.1, 0.15) is 20.3 Å². The molecule has 0 bridgehead atoms. The lowest BCUT2D eigenvalue weighted by Gasteiger charge is -2.26. The first-order valence-corrected chi connectivity index (χ1v) is 6.11. The van der Waals surface area contributed by atoms with Crippen molar-refractivity contribution in [3.05, 3.63) is 21.9 Å². The van der Waals surface area contributed by atoms with Crippen LogP contribution < -0.4 is 4.90 Å². The van der Waals surface area contributed by atoms with Crippen LogP contribution in [0, 0.1) is 8.99 Å².